The first-order valence-corrected chi connectivity index (χ1v) is 9.30. The molecule has 0 fully saturated rings. The second-order valence-electron chi connectivity index (χ2n) is 5.40. The molecule has 0 aliphatic rings. The zero-order valence-electron chi connectivity index (χ0n) is 14.1. The summed E-state index contributed by atoms with van der Waals surface area (Å²) in [5.41, 5.74) is 6.34. The largest absolute Gasteiger partial charge is 0.439 e. The third-order valence-corrected chi connectivity index (χ3v) is 5.28. The normalized spacial score (nSPS) is 11.0. The van der Waals surface area contributed by atoms with E-state index in [2.05, 4.69) is 9.97 Å². The van der Waals surface area contributed by atoms with E-state index in [1.807, 2.05) is 0 Å². The van der Waals surface area contributed by atoms with Gasteiger partial charge in [0.2, 0.25) is 5.95 Å². The van der Waals surface area contributed by atoms with Crippen molar-refractivity contribution in [3.63, 3.8) is 0 Å². The zero-order chi connectivity index (χ0) is 19.3. The Balaban J connectivity index is 1.90. The van der Waals surface area contributed by atoms with Gasteiger partial charge in [0.1, 0.15) is 0 Å². The van der Waals surface area contributed by atoms with Gasteiger partial charge in [-0.3, -0.25) is 0 Å². The van der Waals surface area contributed by atoms with Crippen LogP contribution in [0, 0.1) is 0 Å². The van der Waals surface area contributed by atoms with Gasteiger partial charge in [-0.05, 0) is 42.5 Å². The van der Waals surface area contributed by atoms with Gasteiger partial charge in [-0.15, -0.1) is 0 Å². The minimum Gasteiger partial charge on any atom is -0.439 e. The van der Waals surface area contributed by atoms with Crippen LogP contribution in [0.4, 0.5) is 11.6 Å². The number of hydrogen-bond donors (Lipinski definition) is 1. The van der Waals surface area contributed by atoms with Crippen molar-refractivity contribution in [3.05, 3.63) is 78.6 Å². The van der Waals surface area contributed by atoms with Gasteiger partial charge in [-0.1, -0.05) is 18.2 Å². The highest BCUT2D eigenvalue weighted by Crippen LogP contribution is 2.21. The minimum atomic E-state index is -4.07. The molecule has 8 nitrogen and oxygen atoms in total. The molecule has 0 saturated heterocycles. The predicted molar refractivity (Wildman–Crippen MR) is 99.3 cm³/mol. The molecule has 138 valence electrons. The molecule has 0 aliphatic heterocycles. The summed E-state index contributed by atoms with van der Waals surface area (Å²) in [6, 6.07) is 15.5. The molecule has 1 heterocycles. The summed E-state index contributed by atoms with van der Waals surface area (Å²) in [5.74, 6) is -0.778. The summed E-state index contributed by atoms with van der Waals surface area (Å²) >= 11 is 0. The molecule has 3 aromatic rings. The van der Waals surface area contributed by atoms with E-state index in [-0.39, 0.29) is 10.8 Å². The first-order chi connectivity index (χ1) is 13.0. The molecule has 2 aromatic carbocycles. The van der Waals surface area contributed by atoms with E-state index in [0.717, 1.165) is 4.31 Å². The number of nitrogens with zero attached hydrogens (tertiary/aromatic N) is 3. The Labute approximate surface area is 156 Å². The van der Waals surface area contributed by atoms with Gasteiger partial charge >= 0.3 is 5.97 Å². The summed E-state index contributed by atoms with van der Waals surface area (Å²) in [5, 5.41) is 0. The number of carbonyl (C=O) groups excluding carboxylic acids is 1. The van der Waals surface area contributed by atoms with Crippen LogP contribution in [0.15, 0.2) is 78.0 Å². The van der Waals surface area contributed by atoms with Crippen molar-refractivity contribution < 1.29 is 17.9 Å². The summed E-state index contributed by atoms with van der Waals surface area (Å²) in [6.45, 7) is -0.579. The van der Waals surface area contributed by atoms with Crippen molar-refractivity contribution in [2.75, 3.05) is 16.8 Å². The maximum absolute atomic E-state index is 13.0. The molecule has 27 heavy (non-hydrogen) atoms. The first-order valence-electron chi connectivity index (χ1n) is 7.86. The predicted octanol–water partition coefficient (Wildman–Crippen LogP) is 2.07. The highest BCUT2D eigenvalue weighted by atomic mass is 32.2. The van der Waals surface area contributed by atoms with Crippen molar-refractivity contribution in [2.24, 2.45) is 0 Å². The maximum Gasteiger partial charge on any atom is 0.339 e. The van der Waals surface area contributed by atoms with Gasteiger partial charge < -0.3 is 10.5 Å². The lowest BCUT2D eigenvalue weighted by atomic mass is 10.2. The van der Waals surface area contributed by atoms with Crippen molar-refractivity contribution in [2.45, 2.75) is 4.90 Å². The number of anilines is 2. The number of carbonyl (C=O) groups is 1. The Bertz CT molecular complexity index is 1010. The van der Waals surface area contributed by atoms with Crippen LogP contribution in [0.1, 0.15) is 10.4 Å². The fourth-order valence-corrected chi connectivity index (χ4v) is 3.43. The molecule has 0 aliphatic carbocycles. The van der Waals surface area contributed by atoms with Gasteiger partial charge in [-0.25, -0.2) is 23.2 Å². The van der Waals surface area contributed by atoms with E-state index in [1.165, 1.54) is 36.7 Å². The van der Waals surface area contributed by atoms with Gasteiger partial charge in [0.25, 0.3) is 10.0 Å². The molecule has 0 radical (unpaired) electrons. The zero-order valence-corrected chi connectivity index (χ0v) is 14.9. The maximum atomic E-state index is 13.0. The number of rotatable bonds is 6. The number of sulfonamides is 1. The number of aromatic nitrogens is 2. The molecule has 0 spiro atoms. The Morgan fingerprint density at radius 1 is 0.963 bits per heavy atom. The van der Waals surface area contributed by atoms with Crippen LogP contribution in [0.3, 0.4) is 0 Å². The fraction of sp³-hybridized carbons (Fsp3) is 0.0556. The standard InChI is InChI=1S/C18H16N4O4S/c19-15-7-9-16(10-8-15)27(24,25)22(18-20-11-4-12-21-18)13-26-17(23)14-5-2-1-3-6-14/h1-12H,13,19H2. The summed E-state index contributed by atoms with van der Waals surface area (Å²) < 4.78 is 32.0. The van der Waals surface area contributed by atoms with E-state index in [0.29, 0.717) is 11.3 Å². The monoisotopic (exact) mass is 384 g/mol. The molecular formula is C18H16N4O4S. The summed E-state index contributed by atoms with van der Waals surface area (Å²) in [4.78, 5) is 20.1. The lowest BCUT2D eigenvalue weighted by molar-refractivity contribution is 0.0519. The Kier molecular flexibility index (Phi) is 5.32. The Hall–Kier alpha value is -3.46. The fourth-order valence-electron chi connectivity index (χ4n) is 2.20. The highest BCUT2D eigenvalue weighted by molar-refractivity contribution is 7.92. The average molecular weight is 384 g/mol. The van der Waals surface area contributed by atoms with Crippen LogP contribution in [0.2, 0.25) is 0 Å². The average Bonchev–Trinajstić information content (AvgIpc) is 2.69. The van der Waals surface area contributed by atoms with Gasteiger partial charge in [0.05, 0.1) is 10.5 Å². The molecule has 0 unspecified atom stereocenters. The van der Waals surface area contributed by atoms with Crippen molar-refractivity contribution in [1.29, 1.82) is 0 Å². The lowest BCUT2D eigenvalue weighted by Gasteiger charge is -2.21. The number of esters is 1. The molecule has 0 saturated carbocycles. The molecule has 9 heteroatoms. The smallest absolute Gasteiger partial charge is 0.339 e. The number of hydrogen-bond acceptors (Lipinski definition) is 7. The molecule has 0 amide bonds. The lowest BCUT2D eigenvalue weighted by Crippen LogP contribution is -2.35. The number of benzene rings is 2. The Morgan fingerprint density at radius 3 is 2.22 bits per heavy atom. The van der Waals surface area contributed by atoms with Crippen LogP contribution in [-0.4, -0.2) is 31.1 Å². The third-order valence-electron chi connectivity index (χ3n) is 3.57. The molecule has 2 N–H and O–H groups in total. The quantitative estimate of drug-likeness (QED) is 0.393. The SMILES string of the molecule is Nc1ccc(S(=O)(=O)N(COC(=O)c2ccccc2)c2ncccn2)cc1. The van der Waals surface area contributed by atoms with Gasteiger partial charge in [0, 0.05) is 18.1 Å². The van der Waals surface area contributed by atoms with Crippen molar-refractivity contribution in [3.8, 4) is 0 Å². The molecule has 0 atom stereocenters. The molecule has 0 bridgehead atoms. The topological polar surface area (TPSA) is 115 Å². The first kappa shape index (κ1) is 18.3. The van der Waals surface area contributed by atoms with E-state index < -0.39 is 22.7 Å². The highest BCUT2D eigenvalue weighted by Gasteiger charge is 2.28. The minimum absolute atomic E-state index is 0.0279. The van der Waals surface area contributed by atoms with Gasteiger partial charge in [-0.2, -0.15) is 4.31 Å². The Morgan fingerprint density at radius 2 is 1.59 bits per heavy atom. The second kappa shape index (κ2) is 7.83. The van der Waals surface area contributed by atoms with E-state index in [4.69, 9.17) is 10.5 Å². The summed E-state index contributed by atoms with van der Waals surface area (Å²) in [6.07, 6.45) is 2.79. The van der Waals surface area contributed by atoms with Gasteiger partial charge in [0.15, 0.2) is 6.73 Å². The number of nitrogens with two attached hydrogens (primary N) is 1. The van der Waals surface area contributed by atoms with Crippen molar-refractivity contribution >= 4 is 27.6 Å². The van der Waals surface area contributed by atoms with Crippen LogP contribution >= 0.6 is 0 Å². The van der Waals surface area contributed by atoms with E-state index in [1.54, 1.807) is 36.4 Å². The van der Waals surface area contributed by atoms with Crippen molar-refractivity contribution in [1.82, 2.24) is 9.97 Å². The van der Waals surface area contributed by atoms with E-state index >= 15 is 0 Å². The van der Waals surface area contributed by atoms with Crippen LogP contribution < -0.4 is 10.0 Å². The number of nitrogen functional groups attached to an aromatic ring is 1. The summed E-state index contributed by atoms with van der Waals surface area (Å²) in [7, 11) is -4.07. The second-order valence-corrected chi connectivity index (χ2v) is 7.26. The molecule has 1 aromatic heterocycles. The van der Waals surface area contributed by atoms with Crippen LogP contribution in [0.5, 0.6) is 0 Å². The number of ether oxygens (including phenoxy) is 1. The molecular weight excluding hydrogens is 368 g/mol. The molecule has 3 rings (SSSR count). The van der Waals surface area contributed by atoms with Crippen LogP contribution in [-0.2, 0) is 14.8 Å². The van der Waals surface area contributed by atoms with E-state index in [9.17, 15) is 13.2 Å². The third kappa shape index (κ3) is 4.21. The van der Waals surface area contributed by atoms with Crippen LogP contribution in [0.25, 0.3) is 0 Å².